The van der Waals surface area contributed by atoms with E-state index in [-0.39, 0.29) is 5.91 Å². The first kappa shape index (κ1) is 12.5. The van der Waals surface area contributed by atoms with Crippen LogP contribution in [0.25, 0.3) is 0 Å². The van der Waals surface area contributed by atoms with Crippen molar-refractivity contribution < 1.29 is 4.79 Å². The van der Waals surface area contributed by atoms with Gasteiger partial charge in [0.1, 0.15) is 0 Å². The quantitative estimate of drug-likeness (QED) is 0.792. The number of hydrogen-bond donors (Lipinski definition) is 2. The molecule has 2 heterocycles. The van der Waals surface area contributed by atoms with E-state index in [4.69, 9.17) is 5.73 Å². The lowest BCUT2D eigenvalue weighted by Crippen LogP contribution is -2.42. The van der Waals surface area contributed by atoms with E-state index in [1.165, 1.54) is 19.4 Å². The fourth-order valence-corrected chi connectivity index (χ4v) is 3.40. The Labute approximate surface area is 114 Å². The normalized spacial score (nSPS) is 26.4. The van der Waals surface area contributed by atoms with Crippen molar-refractivity contribution in [3.05, 3.63) is 29.3 Å². The monoisotopic (exact) mass is 259 g/mol. The lowest BCUT2D eigenvalue weighted by molar-refractivity contribution is 0.0929. The molecule has 2 aliphatic heterocycles. The molecule has 2 unspecified atom stereocenters. The maximum absolute atomic E-state index is 12.4. The summed E-state index contributed by atoms with van der Waals surface area (Å²) in [4.78, 5) is 14.9. The van der Waals surface area contributed by atoms with Crippen LogP contribution in [0.5, 0.6) is 0 Å². The van der Waals surface area contributed by atoms with Crippen molar-refractivity contribution in [2.45, 2.75) is 38.3 Å². The number of nitrogen functional groups attached to an aromatic ring is 1. The summed E-state index contributed by atoms with van der Waals surface area (Å²) in [5.41, 5.74) is 8.13. The Kier molecular flexibility index (Phi) is 3.19. The van der Waals surface area contributed by atoms with Crippen LogP contribution in [0.4, 0.5) is 5.69 Å². The van der Waals surface area contributed by atoms with E-state index < -0.39 is 0 Å². The van der Waals surface area contributed by atoms with Crippen LogP contribution in [0.1, 0.15) is 35.2 Å². The van der Waals surface area contributed by atoms with Crippen LogP contribution < -0.4 is 11.1 Å². The van der Waals surface area contributed by atoms with Crippen molar-refractivity contribution in [3.8, 4) is 0 Å². The number of carbonyl (C=O) groups excluding carboxylic acids is 1. The molecule has 102 valence electrons. The van der Waals surface area contributed by atoms with Gasteiger partial charge in [0.15, 0.2) is 0 Å². The molecule has 3 rings (SSSR count). The highest BCUT2D eigenvalue weighted by atomic mass is 16.1. The van der Waals surface area contributed by atoms with Crippen molar-refractivity contribution in [2.24, 2.45) is 0 Å². The van der Waals surface area contributed by atoms with Gasteiger partial charge in [0.05, 0.1) is 0 Å². The Hall–Kier alpha value is -1.55. The molecular formula is C15H21N3O. The maximum atomic E-state index is 12.4. The molecule has 0 aliphatic carbocycles. The number of rotatable bonds is 2. The summed E-state index contributed by atoms with van der Waals surface area (Å²) < 4.78 is 0. The zero-order chi connectivity index (χ0) is 13.4. The molecule has 3 N–H and O–H groups in total. The highest BCUT2D eigenvalue weighted by Gasteiger charge is 2.37. The third-order valence-electron chi connectivity index (χ3n) is 4.54. The van der Waals surface area contributed by atoms with Crippen LogP contribution in [0.3, 0.4) is 0 Å². The van der Waals surface area contributed by atoms with Gasteiger partial charge in [-0.1, -0.05) is 6.07 Å². The molecule has 1 aromatic carbocycles. The average Bonchev–Trinajstić information content (AvgIpc) is 2.97. The first-order valence-corrected chi connectivity index (χ1v) is 7.07. The number of carbonyl (C=O) groups is 1. The summed E-state index contributed by atoms with van der Waals surface area (Å²) in [6, 6.07) is 6.37. The molecule has 0 saturated carbocycles. The SMILES string of the molecule is Cc1c(N)cccc1C(=O)NC1CCN2CCCC12. The van der Waals surface area contributed by atoms with E-state index in [9.17, 15) is 4.79 Å². The van der Waals surface area contributed by atoms with Crippen LogP contribution >= 0.6 is 0 Å². The Bertz CT molecular complexity index is 500. The van der Waals surface area contributed by atoms with Crippen molar-refractivity contribution in [1.29, 1.82) is 0 Å². The van der Waals surface area contributed by atoms with Crippen LogP contribution in [0.2, 0.25) is 0 Å². The number of fused-ring (bicyclic) bond motifs is 1. The average molecular weight is 259 g/mol. The van der Waals surface area contributed by atoms with Crippen molar-refractivity contribution >= 4 is 11.6 Å². The number of nitrogens with one attached hydrogen (secondary N) is 1. The number of nitrogens with two attached hydrogens (primary N) is 1. The topological polar surface area (TPSA) is 58.4 Å². The molecule has 2 atom stereocenters. The van der Waals surface area contributed by atoms with Gasteiger partial charge in [0, 0.05) is 29.9 Å². The number of benzene rings is 1. The Morgan fingerprint density at radius 2 is 2.21 bits per heavy atom. The molecule has 0 spiro atoms. The molecule has 0 bridgehead atoms. The highest BCUT2D eigenvalue weighted by molar-refractivity contribution is 5.97. The van der Waals surface area contributed by atoms with Crippen LogP contribution in [0.15, 0.2) is 18.2 Å². The number of amides is 1. The van der Waals surface area contributed by atoms with Gasteiger partial charge in [-0.05, 0) is 50.4 Å². The molecular weight excluding hydrogens is 238 g/mol. The minimum atomic E-state index is 0.0172. The maximum Gasteiger partial charge on any atom is 0.251 e. The van der Waals surface area contributed by atoms with Crippen molar-refractivity contribution in [2.75, 3.05) is 18.8 Å². The zero-order valence-corrected chi connectivity index (χ0v) is 11.4. The first-order chi connectivity index (χ1) is 9.16. The fraction of sp³-hybridized carbons (Fsp3) is 0.533. The molecule has 0 radical (unpaired) electrons. The molecule has 2 fully saturated rings. The molecule has 4 nitrogen and oxygen atoms in total. The summed E-state index contributed by atoms with van der Waals surface area (Å²) in [5.74, 6) is 0.0172. The van der Waals surface area contributed by atoms with Crippen LogP contribution in [0, 0.1) is 6.92 Å². The van der Waals surface area contributed by atoms with Gasteiger partial charge in [0.25, 0.3) is 5.91 Å². The second kappa shape index (κ2) is 4.85. The summed E-state index contributed by atoms with van der Waals surface area (Å²) >= 11 is 0. The lowest BCUT2D eigenvalue weighted by Gasteiger charge is -2.21. The van der Waals surface area contributed by atoms with Gasteiger partial charge in [-0.3, -0.25) is 9.69 Å². The second-order valence-electron chi connectivity index (χ2n) is 5.63. The molecule has 19 heavy (non-hydrogen) atoms. The minimum Gasteiger partial charge on any atom is -0.398 e. The highest BCUT2D eigenvalue weighted by Crippen LogP contribution is 2.28. The number of hydrogen-bond acceptors (Lipinski definition) is 3. The Morgan fingerprint density at radius 1 is 1.37 bits per heavy atom. The summed E-state index contributed by atoms with van der Waals surface area (Å²) in [7, 11) is 0. The predicted molar refractivity (Wildman–Crippen MR) is 76.1 cm³/mol. The minimum absolute atomic E-state index is 0.0172. The largest absolute Gasteiger partial charge is 0.398 e. The van der Waals surface area contributed by atoms with E-state index in [1.54, 1.807) is 0 Å². The number of nitrogens with zero attached hydrogens (tertiary/aromatic N) is 1. The number of anilines is 1. The molecule has 2 saturated heterocycles. The van der Waals surface area contributed by atoms with E-state index in [0.29, 0.717) is 23.3 Å². The van der Waals surface area contributed by atoms with Gasteiger partial charge in [0.2, 0.25) is 0 Å². The van der Waals surface area contributed by atoms with E-state index in [1.807, 2.05) is 25.1 Å². The summed E-state index contributed by atoms with van der Waals surface area (Å²) in [5, 5.41) is 3.20. The van der Waals surface area contributed by atoms with E-state index in [2.05, 4.69) is 10.2 Å². The van der Waals surface area contributed by atoms with Gasteiger partial charge in [-0.15, -0.1) is 0 Å². The summed E-state index contributed by atoms with van der Waals surface area (Å²) in [6.45, 7) is 4.21. The molecule has 4 heteroatoms. The predicted octanol–water partition coefficient (Wildman–Crippen LogP) is 1.54. The van der Waals surface area contributed by atoms with Gasteiger partial charge in [-0.25, -0.2) is 0 Å². The molecule has 1 amide bonds. The van der Waals surface area contributed by atoms with Gasteiger partial charge < -0.3 is 11.1 Å². The Balaban J connectivity index is 1.73. The Morgan fingerprint density at radius 3 is 3.05 bits per heavy atom. The van der Waals surface area contributed by atoms with E-state index in [0.717, 1.165) is 18.5 Å². The summed E-state index contributed by atoms with van der Waals surface area (Å²) in [6.07, 6.45) is 3.53. The standard InChI is InChI=1S/C15H21N3O/c1-10-11(4-2-5-12(10)16)15(19)17-13-7-9-18-8-3-6-14(13)18/h2,4-5,13-14H,3,6-9,16H2,1H3,(H,17,19). The lowest BCUT2D eigenvalue weighted by atomic mass is 10.0. The fourth-order valence-electron chi connectivity index (χ4n) is 3.40. The molecule has 0 aromatic heterocycles. The third kappa shape index (κ3) is 2.21. The van der Waals surface area contributed by atoms with Crippen molar-refractivity contribution in [1.82, 2.24) is 10.2 Å². The van der Waals surface area contributed by atoms with Crippen LogP contribution in [-0.4, -0.2) is 36.0 Å². The second-order valence-corrected chi connectivity index (χ2v) is 5.63. The van der Waals surface area contributed by atoms with Crippen molar-refractivity contribution in [3.63, 3.8) is 0 Å². The zero-order valence-electron chi connectivity index (χ0n) is 11.4. The van der Waals surface area contributed by atoms with Gasteiger partial charge in [-0.2, -0.15) is 0 Å². The smallest absolute Gasteiger partial charge is 0.251 e. The van der Waals surface area contributed by atoms with E-state index >= 15 is 0 Å². The molecule has 1 aromatic rings. The van der Waals surface area contributed by atoms with Crippen LogP contribution in [-0.2, 0) is 0 Å². The third-order valence-corrected chi connectivity index (χ3v) is 4.54. The van der Waals surface area contributed by atoms with Gasteiger partial charge >= 0.3 is 0 Å². The molecule has 2 aliphatic rings. The first-order valence-electron chi connectivity index (χ1n) is 7.07.